The van der Waals surface area contributed by atoms with Crippen molar-refractivity contribution in [3.8, 4) is 0 Å². The molecule has 0 bridgehead atoms. The molecule has 1 aromatic carbocycles. The lowest BCUT2D eigenvalue weighted by atomic mass is 10.1. The maximum Gasteiger partial charge on any atom is 0.134 e. The number of rotatable bonds is 4. The highest BCUT2D eigenvalue weighted by Crippen LogP contribution is 2.27. The van der Waals surface area contributed by atoms with Gasteiger partial charge in [0, 0.05) is 25.7 Å². The number of fused-ring (bicyclic) bond motifs is 1. The molecule has 0 atom stereocenters. The summed E-state index contributed by atoms with van der Waals surface area (Å²) >= 11 is 0. The average Bonchev–Trinajstić information content (AvgIpc) is 2.89. The predicted molar refractivity (Wildman–Crippen MR) is 77.1 cm³/mol. The molecule has 0 saturated heterocycles. The number of anilines is 2. The first-order valence-electron chi connectivity index (χ1n) is 6.74. The lowest BCUT2D eigenvalue weighted by Gasteiger charge is -2.17. The second-order valence-electron chi connectivity index (χ2n) is 4.81. The van der Waals surface area contributed by atoms with Crippen LogP contribution in [0.3, 0.4) is 0 Å². The summed E-state index contributed by atoms with van der Waals surface area (Å²) in [4.78, 5) is 10.9. The third-order valence-corrected chi connectivity index (χ3v) is 3.37. The van der Waals surface area contributed by atoms with Crippen molar-refractivity contribution in [3.05, 3.63) is 47.8 Å². The molecule has 0 spiro atoms. The molecule has 0 unspecified atom stereocenters. The highest BCUT2D eigenvalue weighted by molar-refractivity contribution is 5.52. The number of aromatic nitrogens is 2. The van der Waals surface area contributed by atoms with Gasteiger partial charge in [-0.05, 0) is 17.5 Å². The minimum absolute atomic E-state index is 0.905. The van der Waals surface area contributed by atoms with Crippen LogP contribution in [0.25, 0.3) is 0 Å². The van der Waals surface area contributed by atoms with E-state index in [9.17, 15) is 0 Å². The first-order chi connectivity index (χ1) is 9.36. The van der Waals surface area contributed by atoms with Gasteiger partial charge in [-0.1, -0.05) is 31.2 Å². The summed E-state index contributed by atoms with van der Waals surface area (Å²) in [5, 5.41) is 3.30. The van der Waals surface area contributed by atoms with Gasteiger partial charge in [-0.2, -0.15) is 0 Å². The van der Waals surface area contributed by atoms with E-state index in [0.717, 1.165) is 37.7 Å². The van der Waals surface area contributed by atoms with Gasteiger partial charge >= 0.3 is 0 Å². The van der Waals surface area contributed by atoms with Crippen molar-refractivity contribution in [2.45, 2.75) is 26.4 Å². The second-order valence-corrected chi connectivity index (χ2v) is 4.81. The smallest absolute Gasteiger partial charge is 0.134 e. The molecular formula is C15H18N4. The summed E-state index contributed by atoms with van der Waals surface area (Å²) < 4.78 is 0. The van der Waals surface area contributed by atoms with Gasteiger partial charge in [0.05, 0.1) is 0 Å². The van der Waals surface area contributed by atoms with Crippen molar-refractivity contribution >= 4 is 11.6 Å². The van der Waals surface area contributed by atoms with Gasteiger partial charge in [0.2, 0.25) is 0 Å². The molecule has 1 aliphatic rings. The van der Waals surface area contributed by atoms with Crippen molar-refractivity contribution in [2.75, 3.05) is 16.8 Å². The standard InChI is InChI=1S/C15H18N4/c1-2-7-16-14-8-15(18-11-17-14)19-9-12-5-3-4-6-13(12)10-19/h3-6,8,11H,2,7,9-10H2,1H3,(H,16,17,18). The van der Waals surface area contributed by atoms with Crippen molar-refractivity contribution < 1.29 is 0 Å². The van der Waals surface area contributed by atoms with Crippen molar-refractivity contribution in [3.63, 3.8) is 0 Å². The SMILES string of the molecule is CCCNc1cc(N2Cc3ccccc3C2)ncn1. The van der Waals surface area contributed by atoms with E-state index >= 15 is 0 Å². The third-order valence-electron chi connectivity index (χ3n) is 3.37. The molecule has 4 nitrogen and oxygen atoms in total. The Morgan fingerprint density at radius 2 is 1.89 bits per heavy atom. The van der Waals surface area contributed by atoms with E-state index in [4.69, 9.17) is 0 Å². The summed E-state index contributed by atoms with van der Waals surface area (Å²) in [5.41, 5.74) is 2.79. The van der Waals surface area contributed by atoms with Crippen molar-refractivity contribution in [1.82, 2.24) is 9.97 Å². The van der Waals surface area contributed by atoms with Gasteiger partial charge < -0.3 is 10.2 Å². The Bertz CT molecular complexity index is 543. The minimum Gasteiger partial charge on any atom is -0.370 e. The lowest BCUT2D eigenvalue weighted by Crippen LogP contribution is -2.16. The Labute approximate surface area is 113 Å². The number of hydrogen-bond acceptors (Lipinski definition) is 4. The van der Waals surface area contributed by atoms with Crippen LogP contribution < -0.4 is 10.2 Å². The van der Waals surface area contributed by atoms with E-state index in [1.165, 1.54) is 11.1 Å². The molecule has 0 aliphatic carbocycles. The monoisotopic (exact) mass is 254 g/mol. The molecule has 4 heteroatoms. The number of nitrogens with zero attached hydrogens (tertiary/aromatic N) is 3. The van der Waals surface area contributed by atoms with Crippen LogP contribution in [0.2, 0.25) is 0 Å². The van der Waals surface area contributed by atoms with Crippen LogP contribution >= 0.6 is 0 Å². The quantitative estimate of drug-likeness (QED) is 0.911. The average molecular weight is 254 g/mol. The van der Waals surface area contributed by atoms with Crippen LogP contribution in [-0.2, 0) is 13.1 Å². The number of nitrogens with one attached hydrogen (secondary N) is 1. The predicted octanol–water partition coefficient (Wildman–Crippen LogP) is 2.82. The van der Waals surface area contributed by atoms with Crippen LogP contribution in [-0.4, -0.2) is 16.5 Å². The normalized spacial score (nSPS) is 13.4. The van der Waals surface area contributed by atoms with E-state index < -0.39 is 0 Å². The Hall–Kier alpha value is -2.10. The minimum atomic E-state index is 0.905. The fraction of sp³-hybridized carbons (Fsp3) is 0.333. The van der Waals surface area contributed by atoms with Gasteiger partial charge in [-0.25, -0.2) is 9.97 Å². The van der Waals surface area contributed by atoms with Crippen LogP contribution in [0.4, 0.5) is 11.6 Å². The molecule has 1 aliphatic heterocycles. The van der Waals surface area contributed by atoms with Crippen LogP contribution in [0.5, 0.6) is 0 Å². The molecule has 98 valence electrons. The molecule has 0 saturated carbocycles. The Morgan fingerprint density at radius 1 is 1.16 bits per heavy atom. The van der Waals surface area contributed by atoms with E-state index in [-0.39, 0.29) is 0 Å². The molecule has 3 rings (SSSR count). The summed E-state index contributed by atoms with van der Waals surface area (Å²) in [6.45, 7) is 4.95. The Morgan fingerprint density at radius 3 is 2.58 bits per heavy atom. The van der Waals surface area contributed by atoms with Gasteiger partial charge in [-0.3, -0.25) is 0 Å². The topological polar surface area (TPSA) is 41.0 Å². The summed E-state index contributed by atoms with van der Waals surface area (Å²) in [6.07, 6.45) is 2.73. The Balaban J connectivity index is 1.77. The summed E-state index contributed by atoms with van der Waals surface area (Å²) in [5.74, 6) is 1.90. The molecule has 0 radical (unpaired) electrons. The highest BCUT2D eigenvalue weighted by Gasteiger charge is 2.19. The fourth-order valence-corrected chi connectivity index (χ4v) is 2.36. The zero-order chi connectivity index (χ0) is 13.1. The Kier molecular flexibility index (Phi) is 3.31. The molecule has 2 heterocycles. The highest BCUT2D eigenvalue weighted by atomic mass is 15.2. The summed E-state index contributed by atoms with van der Waals surface area (Å²) in [7, 11) is 0. The fourth-order valence-electron chi connectivity index (χ4n) is 2.36. The molecule has 19 heavy (non-hydrogen) atoms. The van der Waals surface area contributed by atoms with E-state index in [1.807, 2.05) is 6.07 Å². The van der Waals surface area contributed by atoms with Crippen LogP contribution in [0.1, 0.15) is 24.5 Å². The second kappa shape index (κ2) is 5.26. The van der Waals surface area contributed by atoms with Crippen LogP contribution in [0, 0.1) is 0 Å². The number of hydrogen-bond donors (Lipinski definition) is 1. The molecule has 1 aromatic heterocycles. The molecule has 1 N–H and O–H groups in total. The largest absolute Gasteiger partial charge is 0.370 e. The van der Waals surface area contributed by atoms with Gasteiger partial charge in [0.25, 0.3) is 0 Å². The van der Waals surface area contributed by atoms with Gasteiger partial charge in [0.1, 0.15) is 18.0 Å². The third kappa shape index (κ3) is 2.52. The molecule has 0 fully saturated rings. The zero-order valence-electron chi connectivity index (χ0n) is 11.1. The lowest BCUT2D eigenvalue weighted by molar-refractivity contribution is 0.850. The summed E-state index contributed by atoms with van der Waals surface area (Å²) in [6, 6.07) is 10.6. The first-order valence-corrected chi connectivity index (χ1v) is 6.74. The maximum atomic E-state index is 4.39. The van der Waals surface area contributed by atoms with Gasteiger partial charge in [-0.15, -0.1) is 0 Å². The van der Waals surface area contributed by atoms with Crippen molar-refractivity contribution in [1.29, 1.82) is 0 Å². The molecule has 2 aromatic rings. The molecule has 0 amide bonds. The molecular weight excluding hydrogens is 236 g/mol. The van der Waals surface area contributed by atoms with E-state index in [0.29, 0.717) is 0 Å². The maximum absolute atomic E-state index is 4.39. The zero-order valence-corrected chi connectivity index (χ0v) is 11.1. The van der Waals surface area contributed by atoms with E-state index in [2.05, 4.69) is 51.4 Å². The van der Waals surface area contributed by atoms with Crippen molar-refractivity contribution in [2.24, 2.45) is 0 Å². The van der Waals surface area contributed by atoms with Gasteiger partial charge in [0.15, 0.2) is 0 Å². The van der Waals surface area contributed by atoms with Crippen LogP contribution in [0.15, 0.2) is 36.7 Å². The van der Waals surface area contributed by atoms with E-state index in [1.54, 1.807) is 6.33 Å². The first kappa shape index (κ1) is 12.0. The number of benzene rings is 1.